The number of halogens is 1. The van der Waals surface area contributed by atoms with Crippen molar-refractivity contribution in [3.8, 4) is 0 Å². The third kappa shape index (κ3) is 4.00. The van der Waals surface area contributed by atoms with Gasteiger partial charge >= 0.3 is 0 Å². The molecule has 1 N–H and O–H groups in total. The molecule has 0 bridgehead atoms. The maximum Gasteiger partial charge on any atom is 0.123 e. The second-order valence-electron chi connectivity index (χ2n) is 3.93. The van der Waals surface area contributed by atoms with Crippen molar-refractivity contribution < 1.29 is 4.39 Å². The lowest BCUT2D eigenvalue weighted by atomic mass is 9.91. The van der Waals surface area contributed by atoms with Gasteiger partial charge in [-0.25, -0.2) is 4.39 Å². The number of hydrogen-bond donors (Lipinski definition) is 1. The highest BCUT2D eigenvalue weighted by Crippen LogP contribution is 2.24. The maximum absolute atomic E-state index is 13.1. The molecular weight excluding hydrogens is 189 g/mol. The first-order valence-electron chi connectivity index (χ1n) is 5.68. The van der Waals surface area contributed by atoms with Crippen LogP contribution in [-0.4, -0.2) is 13.6 Å². The number of nitrogens with one attached hydrogen (secondary N) is 1. The highest BCUT2D eigenvalue weighted by molar-refractivity contribution is 5.20. The number of benzene rings is 1. The minimum absolute atomic E-state index is 0.127. The van der Waals surface area contributed by atoms with Crippen molar-refractivity contribution in [1.82, 2.24) is 5.32 Å². The predicted molar refractivity (Wildman–Crippen MR) is 62.6 cm³/mol. The molecule has 1 aromatic rings. The van der Waals surface area contributed by atoms with Crippen molar-refractivity contribution in [2.45, 2.75) is 32.1 Å². The molecule has 0 aliphatic carbocycles. The van der Waals surface area contributed by atoms with Crippen LogP contribution < -0.4 is 5.32 Å². The smallest absolute Gasteiger partial charge is 0.123 e. The third-order valence-electron chi connectivity index (χ3n) is 2.70. The van der Waals surface area contributed by atoms with Gasteiger partial charge in [0.05, 0.1) is 0 Å². The summed E-state index contributed by atoms with van der Waals surface area (Å²) in [7, 11) is 1.95. The summed E-state index contributed by atoms with van der Waals surface area (Å²) in [6, 6.07) is 6.99. The lowest BCUT2D eigenvalue weighted by Gasteiger charge is -2.16. The second kappa shape index (κ2) is 6.57. The van der Waals surface area contributed by atoms with E-state index in [2.05, 4.69) is 12.2 Å². The van der Waals surface area contributed by atoms with Gasteiger partial charge in [-0.05, 0) is 50.0 Å². The molecule has 0 saturated carbocycles. The van der Waals surface area contributed by atoms with E-state index in [1.165, 1.54) is 6.07 Å². The summed E-state index contributed by atoms with van der Waals surface area (Å²) in [5.74, 6) is 0.358. The second-order valence-corrected chi connectivity index (χ2v) is 3.93. The Kier molecular flexibility index (Phi) is 5.33. The van der Waals surface area contributed by atoms with E-state index in [-0.39, 0.29) is 5.82 Å². The van der Waals surface area contributed by atoms with Gasteiger partial charge in [-0.3, -0.25) is 0 Å². The molecule has 0 amide bonds. The summed E-state index contributed by atoms with van der Waals surface area (Å²) < 4.78 is 13.1. The molecular formula is C13H20FN. The van der Waals surface area contributed by atoms with Crippen LogP contribution in [0.3, 0.4) is 0 Å². The SMILES string of the molecule is CCCC(CCNC)c1cccc(F)c1. The van der Waals surface area contributed by atoms with E-state index >= 15 is 0 Å². The Morgan fingerprint density at radius 2 is 2.13 bits per heavy atom. The van der Waals surface area contributed by atoms with E-state index in [0.29, 0.717) is 5.92 Å². The Labute approximate surface area is 91.7 Å². The van der Waals surface area contributed by atoms with Crippen molar-refractivity contribution in [2.24, 2.45) is 0 Å². The fraction of sp³-hybridized carbons (Fsp3) is 0.538. The van der Waals surface area contributed by atoms with Crippen molar-refractivity contribution in [3.05, 3.63) is 35.6 Å². The van der Waals surface area contributed by atoms with E-state index in [0.717, 1.165) is 31.4 Å². The van der Waals surface area contributed by atoms with Crippen molar-refractivity contribution in [1.29, 1.82) is 0 Å². The van der Waals surface area contributed by atoms with Crippen LogP contribution in [0.15, 0.2) is 24.3 Å². The molecule has 1 aromatic carbocycles. The molecule has 1 nitrogen and oxygen atoms in total. The largest absolute Gasteiger partial charge is 0.320 e. The van der Waals surface area contributed by atoms with Gasteiger partial charge in [0.25, 0.3) is 0 Å². The molecule has 1 atom stereocenters. The lowest BCUT2D eigenvalue weighted by Crippen LogP contribution is -2.12. The summed E-state index contributed by atoms with van der Waals surface area (Å²) in [6.07, 6.45) is 3.35. The van der Waals surface area contributed by atoms with E-state index in [1.54, 1.807) is 12.1 Å². The normalized spacial score (nSPS) is 12.7. The molecule has 0 aliphatic rings. The Morgan fingerprint density at radius 3 is 2.73 bits per heavy atom. The number of hydrogen-bond acceptors (Lipinski definition) is 1. The molecule has 0 aromatic heterocycles. The maximum atomic E-state index is 13.1. The quantitative estimate of drug-likeness (QED) is 0.758. The summed E-state index contributed by atoms with van der Waals surface area (Å²) in [4.78, 5) is 0. The monoisotopic (exact) mass is 209 g/mol. The first-order chi connectivity index (χ1) is 7.27. The predicted octanol–water partition coefficient (Wildman–Crippen LogP) is 3.32. The van der Waals surface area contributed by atoms with Gasteiger partial charge in [-0.1, -0.05) is 25.5 Å². The summed E-state index contributed by atoms with van der Waals surface area (Å²) in [5.41, 5.74) is 1.13. The van der Waals surface area contributed by atoms with Gasteiger partial charge in [0, 0.05) is 0 Å². The molecule has 1 rings (SSSR count). The van der Waals surface area contributed by atoms with Crippen molar-refractivity contribution >= 4 is 0 Å². The average Bonchev–Trinajstić information content (AvgIpc) is 2.24. The summed E-state index contributed by atoms with van der Waals surface area (Å²) in [6.45, 7) is 3.16. The van der Waals surface area contributed by atoms with E-state index in [4.69, 9.17) is 0 Å². The Hall–Kier alpha value is -0.890. The van der Waals surface area contributed by atoms with Crippen molar-refractivity contribution in [3.63, 3.8) is 0 Å². The highest BCUT2D eigenvalue weighted by Gasteiger charge is 2.10. The fourth-order valence-corrected chi connectivity index (χ4v) is 1.91. The van der Waals surface area contributed by atoms with Crippen LogP contribution >= 0.6 is 0 Å². The third-order valence-corrected chi connectivity index (χ3v) is 2.70. The van der Waals surface area contributed by atoms with Gasteiger partial charge in [-0.15, -0.1) is 0 Å². The minimum Gasteiger partial charge on any atom is -0.320 e. The highest BCUT2D eigenvalue weighted by atomic mass is 19.1. The van der Waals surface area contributed by atoms with Gasteiger partial charge in [0.15, 0.2) is 0 Å². The standard InChI is InChI=1S/C13H20FN/c1-3-5-11(8-9-15-2)12-6-4-7-13(14)10-12/h4,6-7,10-11,15H,3,5,8-9H2,1-2H3. The van der Waals surface area contributed by atoms with Crippen LogP contribution in [0.25, 0.3) is 0 Å². The van der Waals surface area contributed by atoms with E-state index < -0.39 is 0 Å². The fourth-order valence-electron chi connectivity index (χ4n) is 1.91. The topological polar surface area (TPSA) is 12.0 Å². The molecule has 0 heterocycles. The first-order valence-corrected chi connectivity index (χ1v) is 5.68. The molecule has 15 heavy (non-hydrogen) atoms. The van der Waals surface area contributed by atoms with Gasteiger partial charge in [0.2, 0.25) is 0 Å². The van der Waals surface area contributed by atoms with E-state index in [1.807, 2.05) is 13.1 Å². The summed E-state index contributed by atoms with van der Waals surface area (Å²) in [5, 5.41) is 3.15. The molecule has 0 spiro atoms. The average molecular weight is 209 g/mol. The molecule has 0 radical (unpaired) electrons. The Morgan fingerprint density at radius 1 is 1.33 bits per heavy atom. The van der Waals surface area contributed by atoms with Crippen LogP contribution in [0.5, 0.6) is 0 Å². The van der Waals surface area contributed by atoms with Gasteiger partial charge in [0.1, 0.15) is 5.82 Å². The molecule has 0 saturated heterocycles. The zero-order valence-electron chi connectivity index (χ0n) is 9.59. The van der Waals surface area contributed by atoms with Crippen LogP contribution in [0.2, 0.25) is 0 Å². The van der Waals surface area contributed by atoms with Crippen LogP contribution in [0, 0.1) is 5.82 Å². The van der Waals surface area contributed by atoms with E-state index in [9.17, 15) is 4.39 Å². The van der Waals surface area contributed by atoms with Crippen LogP contribution in [-0.2, 0) is 0 Å². The van der Waals surface area contributed by atoms with Crippen LogP contribution in [0.4, 0.5) is 4.39 Å². The zero-order valence-corrected chi connectivity index (χ0v) is 9.59. The minimum atomic E-state index is -0.127. The zero-order chi connectivity index (χ0) is 11.1. The Balaban J connectivity index is 2.69. The van der Waals surface area contributed by atoms with Crippen molar-refractivity contribution in [2.75, 3.05) is 13.6 Å². The van der Waals surface area contributed by atoms with Gasteiger partial charge < -0.3 is 5.32 Å². The molecule has 84 valence electrons. The molecule has 1 unspecified atom stereocenters. The molecule has 2 heteroatoms. The summed E-state index contributed by atoms with van der Waals surface area (Å²) >= 11 is 0. The number of rotatable bonds is 6. The Bertz CT molecular complexity index is 286. The molecule has 0 fully saturated rings. The lowest BCUT2D eigenvalue weighted by molar-refractivity contribution is 0.545. The first kappa shape index (κ1) is 12.2. The van der Waals surface area contributed by atoms with Gasteiger partial charge in [-0.2, -0.15) is 0 Å². The van der Waals surface area contributed by atoms with Crippen LogP contribution in [0.1, 0.15) is 37.7 Å². The molecule has 0 aliphatic heterocycles.